The van der Waals surface area contributed by atoms with Crippen LogP contribution in [0.5, 0.6) is 5.75 Å². The number of aryl methyl sites for hydroxylation is 1. The Balaban J connectivity index is 3.05. The maximum absolute atomic E-state index is 12.0. The van der Waals surface area contributed by atoms with Gasteiger partial charge in [-0.25, -0.2) is 0 Å². The van der Waals surface area contributed by atoms with Crippen molar-refractivity contribution >= 4 is 17.6 Å². The lowest BCUT2D eigenvalue weighted by Crippen LogP contribution is -2.06. The van der Waals surface area contributed by atoms with Gasteiger partial charge in [0.25, 0.3) is 0 Å². The minimum atomic E-state index is -2.99. The quantitative estimate of drug-likeness (QED) is 0.894. The Hall–Kier alpha value is -1.36. The molecule has 0 saturated heterocycles. The van der Waals surface area contributed by atoms with Gasteiger partial charge in [-0.15, -0.1) is 0 Å². The summed E-state index contributed by atoms with van der Waals surface area (Å²) in [6, 6.07) is 2.62. The van der Waals surface area contributed by atoms with Crippen LogP contribution >= 0.6 is 11.6 Å². The van der Waals surface area contributed by atoms with Crippen molar-refractivity contribution in [2.75, 3.05) is 0 Å². The van der Waals surface area contributed by atoms with E-state index in [1.165, 1.54) is 12.1 Å². The number of halogens is 3. The molecule has 0 aliphatic heterocycles. The number of ether oxygens (including phenoxy) is 1. The number of carboxylic acid groups (broad SMARTS) is 1. The summed E-state index contributed by atoms with van der Waals surface area (Å²) in [4.78, 5) is 10.5. The lowest BCUT2D eigenvalue weighted by molar-refractivity contribution is -0.136. The number of rotatable bonds is 4. The first-order valence-corrected chi connectivity index (χ1v) is 4.73. The highest BCUT2D eigenvalue weighted by Gasteiger charge is 2.13. The van der Waals surface area contributed by atoms with Gasteiger partial charge in [-0.05, 0) is 30.2 Å². The Bertz CT molecular complexity index is 407. The molecule has 1 N–H and O–H groups in total. The van der Waals surface area contributed by atoms with E-state index in [0.717, 1.165) is 0 Å². The largest absolute Gasteiger partial charge is 0.481 e. The van der Waals surface area contributed by atoms with Crippen LogP contribution in [0.15, 0.2) is 12.1 Å². The molecule has 0 fully saturated rings. The molecular weight excluding hydrogens is 242 g/mol. The molecule has 0 heterocycles. The normalized spacial score (nSPS) is 10.6. The average molecular weight is 251 g/mol. The van der Waals surface area contributed by atoms with E-state index in [1.54, 1.807) is 6.92 Å². The second-order valence-corrected chi connectivity index (χ2v) is 3.57. The van der Waals surface area contributed by atoms with Crippen LogP contribution in [0.4, 0.5) is 8.78 Å². The smallest absolute Gasteiger partial charge is 0.387 e. The van der Waals surface area contributed by atoms with Gasteiger partial charge < -0.3 is 9.84 Å². The van der Waals surface area contributed by atoms with Crippen molar-refractivity contribution in [2.24, 2.45) is 0 Å². The molecule has 16 heavy (non-hydrogen) atoms. The lowest BCUT2D eigenvalue weighted by atomic mass is 10.1. The summed E-state index contributed by atoms with van der Waals surface area (Å²) < 4.78 is 28.2. The minimum Gasteiger partial charge on any atom is -0.481 e. The number of aliphatic carboxylic acids is 1. The number of benzene rings is 1. The zero-order valence-electron chi connectivity index (χ0n) is 8.34. The standard InChI is InChI=1S/C10H9ClF2O3/c1-5-2-7(11)8(16-10(12)13)3-6(5)4-9(14)15/h2-3,10H,4H2,1H3,(H,14,15). The van der Waals surface area contributed by atoms with E-state index >= 15 is 0 Å². The Morgan fingerprint density at radius 2 is 2.19 bits per heavy atom. The van der Waals surface area contributed by atoms with Crippen LogP contribution in [0.3, 0.4) is 0 Å². The fourth-order valence-corrected chi connectivity index (χ4v) is 1.50. The van der Waals surface area contributed by atoms with Gasteiger partial charge in [0.1, 0.15) is 5.75 Å². The van der Waals surface area contributed by atoms with Crippen LogP contribution in [0.25, 0.3) is 0 Å². The van der Waals surface area contributed by atoms with E-state index in [1.807, 2.05) is 0 Å². The molecule has 0 bridgehead atoms. The summed E-state index contributed by atoms with van der Waals surface area (Å²) in [5.74, 6) is -1.26. The first-order chi connectivity index (χ1) is 7.40. The van der Waals surface area contributed by atoms with Crippen LogP contribution in [-0.4, -0.2) is 17.7 Å². The molecule has 0 unspecified atom stereocenters. The number of carboxylic acids is 1. The third-order valence-corrected chi connectivity index (χ3v) is 2.24. The van der Waals surface area contributed by atoms with Gasteiger partial charge in [-0.1, -0.05) is 11.6 Å². The Labute approximate surface area is 95.6 Å². The molecule has 1 rings (SSSR count). The molecular formula is C10H9ClF2O3. The average Bonchev–Trinajstić information content (AvgIpc) is 2.11. The van der Waals surface area contributed by atoms with Crippen molar-refractivity contribution in [3.63, 3.8) is 0 Å². The minimum absolute atomic E-state index is 0.0342. The first kappa shape index (κ1) is 12.7. The molecule has 0 radical (unpaired) electrons. The fourth-order valence-electron chi connectivity index (χ4n) is 1.23. The molecule has 1 aromatic carbocycles. The third-order valence-electron chi connectivity index (χ3n) is 1.95. The van der Waals surface area contributed by atoms with E-state index in [-0.39, 0.29) is 17.2 Å². The predicted octanol–water partition coefficient (Wildman–Crippen LogP) is 2.88. The van der Waals surface area contributed by atoms with Crippen LogP contribution in [0.2, 0.25) is 5.02 Å². The van der Waals surface area contributed by atoms with E-state index in [2.05, 4.69) is 4.74 Å². The second kappa shape index (κ2) is 5.12. The zero-order valence-corrected chi connectivity index (χ0v) is 9.09. The number of hydrogen-bond acceptors (Lipinski definition) is 2. The van der Waals surface area contributed by atoms with E-state index in [4.69, 9.17) is 16.7 Å². The molecule has 0 aromatic heterocycles. The molecule has 0 amide bonds. The lowest BCUT2D eigenvalue weighted by Gasteiger charge is -2.10. The van der Waals surface area contributed by atoms with Crippen molar-refractivity contribution < 1.29 is 23.4 Å². The van der Waals surface area contributed by atoms with Crippen molar-refractivity contribution in [1.29, 1.82) is 0 Å². The van der Waals surface area contributed by atoms with Gasteiger partial charge in [0.15, 0.2) is 0 Å². The van der Waals surface area contributed by atoms with Gasteiger partial charge in [0, 0.05) is 0 Å². The molecule has 0 saturated carbocycles. The molecule has 0 aliphatic carbocycles. The highest BCUT2D eigenvalue weighted by molar-refractivity contribution is 6.32. The fraction of sp³-hybridized carbons (Fsp3) is 0.300. The summed E-state index contributed by atoms with van der Waals surface area (Å²) >= 11 is 5.68. The SMILES string of the molecule is Cc1cc(Cl)c(OC(F)F)cc1CC(=O)O. The topological polar surface area (TPSA) is 46.5 Å². The van der Waals surface area contributed by atoms with Gasteiger partial charge in [0.05, 0.1) is 11.4 Å². The van der Waals surface area contributed by atoms with Gasteiger partial charge in [-0.2, -0.15) is 8.78 Å². The maximum atomic E-state index is 12.0. The monoisotopic (exact) mass is 250 g/mol. The molecule has 0 spiro atoms. The number of alkyl halides is 2. The molecule has 1 aromatic rings. The summed E-state index contributed by atoms with van der Waals surface area (Å²) in [7, 11) is 0. The Morgan fingerprint density at radius 1 is 1.56 bits per heavy atom. The highest BCUT2D eigenvalue weighted by Crippen LogP contribution is 2.29. The summed E-state index contributed by atoms with van der Waals surface area (Å²) in [6.45, 7) is -1.34. The molecule has 0 atom stereocenters. The molecule has 6 heteroatoms. The molecule has 88 valence electrons. The van der Waals surface area contributed by atoms with Crippen molar-refractivity contribution in [3.8, 4) is 5.75 Å². The summed E-state index contributed by atoms with van der Waals surface area (Å²) in [5.41, 5.74) is 1.02. The Morgan fingerprint density at radius 3 is 2.69 bits per heavy atom. The van der Waals surface area contributed by atoms with Crippen molar-refractivity contribution in [3.05, 3.63) is 28.3 Å². The van der Waals surface area contributed by atoms with Crippen molar-refractivity contribution in [2.45, 2.75) is 20.0 Å². The van der Waals surface area contributed by atoms with Gasteiger partial charge >= 0.3 is 12.6 Å². The van der Waals surface area contributed by atoms with Crippen LogP contribution in [0, 0.1) is 6.92 Å². The first-order valence-electron chi connectivity index (χ1n) is 4.35. The van der Waals surface area contributed by atoms with Gasteiger partial charge in [-0.3, -0.25) is 4.79 Å². The maximum Gasteiger partial charge on any atom is 0.387 e. The van der Waals surface area contributed by atoms with E-state index in [9.17, 15) is 13.6 Å². The number of hydrogen-bond donors (Lipinski definition) is 1. The van der Waals surface area contributed by atoms with Crippen LogP contribution < -0.4 is 4.74 Å². The summed E-state index contributed by atoms with van der Waals surface area (Å²) in [6.07, 6.45) is -0.261. The predicted molar refractivity (Wildman–Crippen MR) is 54.2 cm³/mol. The zero-order chi connectivity index (χ0) is 12.3. The third kappa shape index (κ3) is 3.34. The second-order valence-electron chi connectivity index (χ2n) is 3.16. The van der Waals surface area contributed by atoms with Crippen molar-refractivity contribution in [1.82, 2.24) is 0 Å². The van der Waals surface area contributed by atoms with Gasteiger partial charge in [0.2, 0.25) is 0 Å². The summed E-state index contributed by atoms with van der Waals surface area (Å²) in [5, 5.41) is 8.65. The Kier molecular flexibility index (Phi) is 4.06. The van der Waals surface area contributed by atoms with E-state index in [0.29, 0.717) is 11.1 Å². The van der Waals surface area contributed by atoms with E-state index < -0.39 is 12.6 Å². The highest BCUT2D eigenvalue weighted by atomic mass is 35.5. The van der Waals surface area contributed by atoms with Crippen LogP contribution in [0.1, 0.15) is 11.1 Å². The number of carbonyl (C=O) groups is 1. The molecule has 0 aliphatic rings. The van der Waals surface area contributed by atoms with Crippen LogP contribution in [-0.2, 0) is 11.2 Å². The molecule has 3 nitrogen and oxygen atoms in total.